The lowest BCUT2D eigenvalue weighted by Crippen LogP contribution is -2.40. The summed E-state index contributed by atoms with van der Waals surface area (Å²) in [5.41, 5.74) is -0.547. The maximum atomic E-state index is 11.9. The molecule has 0 bridgehead atoms. The van der Waals surface area contributed by atoms with Gasteiger partial charge in [-0.3, -0.25) is 4.90 Å². The van der Waals surface area contributed by atoms with E-state index >= 15 is 0 Å². The van der Waals surface area contributed by atoms with Crippen LogP contribution in [0.1, 0.15) is 34.1 Å². The summed E-state index contributed by atoms with van der Waals surface area (Å²) in [4.78, 5) is 24.2. The van der Waals surface area contributed by atoms with Crippen LogP contribution in [0, 0.1) is 0 Å². The first-order valence-electron chi connectivity index (χ1n) is 5.94. The standard InChI is InChI=1S/C12H21NO4/c1-5-16-10-6-9(8-14)13(7-10)11(15)17-12(2,3)4/h8-10H,5-7H2,1-4H3/t9-,10-/m0/s1. The zero-order chi connectivity index (χ0) is 13.1. The zero-order valence-electron chi connectivity index (χ0n) is 10.9. The molecule has 0 spiro atoms. The van der Waals surface area contributed by atoms with Crippen molar-refractivity contribution in [3.05, 3.63) is 0 Å². The molecule has 5 nitrogen and oxygen atoms in total. The first kappa shape index (κ1) is 14.0. The highest BCUT2D eigenvalue weighted by molar-refractivity contribution is 5.74. The van der Waals surface area contributed by atoms with E-state index in [-0.39, 0.29) is 6.10 Å². The third kappa shape index (κ3) is 4.00. The van der Waals surface area contributed by atoms with Gasteiger partial charge in [-0.25, -0.2) is 4.79 Å². The van der Waals surface area contributed by atoms with Crippen molar-refractivity contribution in [2.24, 2.45) is 0 Å². The summed E-state index contributed by atoms with van der Waals surface area (Å²) in [6.45, 7) is 8.31. The smallest absolute Gasteiger partial charge is 0.410 e. The minimum Gasteiger partial charge on any atom is -0.444 e. The average Bonchev–Trinajstić information content (AvgIpc) is 2.59. The second-order valence-corrected chi connectivity index (χ2v) is 5.15. The molecule has 1 aliphatic rings. The molecule has 0 aromatic heterocycles. The first-order chi connectivity index (χ1) is 7.87. The molecule has 0 aliphatic carbocycles. The number of carbonyl (C=O) groups is 2. The maximum Gasteiger partial charge on any atom is 0.410 e. The van der Waals surface area contributed by atoms with Gasteiger partial charge in [0, 0.05) is 13.0 Å². The van der Waals surface area contributed by atoms with Crippen molar-refractivity contribution in [3.8, 4) is 0 Å². The van der Waals surface area contributed by atoms with Crippen molar-refractivity contribution in [1.82, 2.24) is 4.90 Å². The highest BCUT2D eigenvalue weighted by atomic mass is 16.6. The highest BCUT2D eigenvalue weighted by Gasteiger charge is 2.37. The molecule has 0 unspecified atom stereocenters. The predicted molar refractivity (Wildman–Crippen MR) is 62.8 cm³/mol. The van der Waals surface area contributed by atoms with E-state index in [2.05, 4.69) is 0 Å². The van der Waals surface area contributed by atoms with Crippen molar-refractivity contribution in [2.75, 3.05) is 13.2 Å². The van der Waals surface area contributed by atoms with Crippen molar-refractivity contribution in [3.63, 3.8) is 0 Å². The van der Waals surface area contributed by atoms with E-state index in [0.29, 0.717) is 19.6 Å². The van der Waals surface area contributed by atoms with E-state index in [1.807, 2.05) is 6.92 Å². The van der Waals surface area contributed by atoms with Gasteiger partial charge < -0.3 is 14.3 Å². The highest BCUT2D eigenvalue weighted by Crippen LogP contribution is 2.21. The van der Waals surface area contributed by atoms with E-state index in [1.54, 1.807) is 20.8 Å². The number of hydrogen-bond acceptors (Lipinski definition) is 4. The lowest BCUT2D eigenvalue weighted by atomic mass is 10.2. The molecular formula is C12H21NO4. The normalized spacial score (nSPS) is 24.8. The maximum absolute atomic E-state index is 11.9. The summed E-state index contributed by atoms with van der Waals surface area (Å²) in [6.07, 6.45) is 0.819. The Labute approximate surface area is 102 Å². The number of aldehydes is 1. The Morgan fingerprint density at radius 3 is 2.59 bits per heavy atom. The van der Waals surface area contributed by atoms with Crippen LogP contribution in [0.3, 0.4) is 0 Å². The van der Waals surface area contributed by atoms with Gasteiger partial charge in [0.05, 0.1) is 18.7 Å². The second kappa shape index (κ2) is 5.49. The molecule has 17 heavy (non-hydrogen) atoms. The van der Waals surface area contributed by atoms with Gasteiger partial charge in [-0.15, -0.1) is 0 Å². The molecule has 0 saturated carbocycles. The Kier molecular flexibility index (Phi) is 4.51. The van der Waals surface area contributed by atoms with Crippen molar-refractivity contribution < 1.29 is 19.1 Å². The number of carbonyl (C=O) groups excluding carboxylic acids is 2. The molecule has 2 atom stereocenters. The summed E-state index contributed by atoms with van der Waals surface area (Å²) < 4.78 is 10.7. The Morgan fingerprint density at radius 1 is 1.47 bits per heavy atom. The molecule has 1 rings (SSSR count). The van der Waals surface area contributed by atoms with E-state index in [0.717, 1.165) is 6.29 Å². The molecule has 1 amide bonds. The van der Waals surface area contributed by atoms with Crippen molar-refractivity contribution in [1.29, 1.82) is 0 Å². The SMILES string of the molecule is CCO[C@H]1C[C@@H](C=O)N(C(=O)OC(C)(C)C)C1. The summed E-state index contributed by atoms with van der Waals surface area (Å²) in [5.74, 6) is 0. The Morgan fingerprint density at radius 2 is 2.12 bits per heavy atom. The third-order valence-corrected chi connectivity index (χ3v) is 2.49. The number of amides is 1. The molecule has 5 heteroatoms. The van der Waals surface area contributed by atoms with Gasteiger partial charge in [-0.05, 0) is 27.7 Å². The quantitative estimate of drug-likeness (QED) is 0.706. The number of nitrogens with zero attached hydrogens (tertiary/aromatic N) is 1. The molecule has 98 valence electrons. The van der Waals surface area contributed by atoms with Gasteiger partial charge in [0.15, 0.2) is 0 Å². The van der Waals surface area contributed by atoms with Gasteiger partial charge in [-0.1, -0.05) is 0 Å². The lowest BCUT2D eigenvalue weighted by Gasteiger charge is -2.26. The van der Waals surface area contributed by atoms with E-state index in [1.165, 1.54) is 4.90 Å². The van der Waals surface area contributed by atoms with Crippen LogP contribution >= 0.6 is 0 Å². The zero-order valence-corrected chi connectivity index (χ0v) is 10.9. The molecule has 1 fully saturated rings. The fourth-order valence-electron chi connectivity index (χ4n) is 1.84. The molecule has 1 saturated heterocycles. The number of hydrogen-bond donors (Lipinski definition) is 0. The van der Waals surface area contributed by atoms with Crippen LogP contribution in [-0.2, 0) is 14.3 Å². The van der Waals surface area contributed by atoms with Gasteiger partial charge in [0.25, 0.3) is 0 Å². The molecule has 0 N–H and O–H groups in total. The third-order valence-electron chi connectivity index (χ3n) is 2.49. The van der Waals surface area contributed by atoms with Crippen LogP contribution in [0.4, 0.5) is 4.79 Å². The Bertz CT molecular complexity index is 285. The van der Waals surface area contributed by atoms with Crippen LogP contribution < -0.4 is 0 Å². The van der Waals surface area contributed by atoms with Gasteiger partial charge in [0.1, 0.15) is 11.9 Å². The molecular weight excluding hydrogens is 222 g/mol. The lowest BCUT2D eigenvalue weighted by molar-refractivity contribution is -0.111. The van der Waals surface area contributed by atoms with Crippen molar-refractivity contribution >= 4 is 12.4 Å². The molecule has 0 radical (unpaired) electrons. The van der Waals surface area contributed by atoms with Crippen LogP contribution in [0.25, 0.3) is 0 Å². The molecule has 1 aliphatic heterocycles. The minimum absolute atomic E-state index is 0.0669. The van der Waals surface area contributed by atoms with E-state index in [4.69, 9.17) is 9.47 Å². The van der Waals surface area contributed by atoms with E-state index < -0.39 is 17.7 Å². The van der Waals surface area contributed by atoms with Crippen LogP contribution in [0.15, 0.2) is 0 Å². The largest absolute Gasteiger partial charge is 0.444 e. The Balaban J connectivity index is 2.62. The minimum atomic E-state index is -0.547. The van der Waals surface area contributed by atoms with Gasteiger partial charge in [-0.2, -0.15) is 0 Å². The van der Waals surface area contributed by atoms with Crippen molar-refractivity contribution in [2.45, 2.75) is 51.9 Å². The number of ether oxygens (including phenoxy) is 2. The summed E-state index contributed by atoms with van der Waals surface area (Å²) in [6, 6.07) is -0.429. The van der Waals surface area contributed by atoms with Crippen LogP contribution in [-0.4, -0.2) is 48.2 Å². The second-order valence-electron chi connectivity index (χ2n) is 5.15. The number of likely N-dealkylation sites (tertiary alicyclic amines) is 1. The molecule has 0 aromatic carbocycles. The molecule has 1 heterocycles. The number of rotatable bonds is 3. The van der Waals surface area contributed by atoms with Crippen LogP contribution in [0.5, 0.6) is 0 Å². The predicted octanol–water partition coefficient (Wildman–Crippen LogP) is 1.60. The first-order valence-corrected chi connectivity index (χ1v) is 5.94. The fraction of sp³-hybridized carbons (Fsp3) is 0.833. The van der Waals surface area contributed by atoms with Gasteiger partial charge >= 0.3 is 6.09 Å². The van der Waals surface area contributed by atoms with Crippen LogP contribution in [0.2, 0.25) is 0 Å². The fourth-order valence-corrected chi connectivity index (χ4v) is 1.84. The topological polar surface area (TPSA) is 55.8 Å². The monoisotopic (exact) mass is 243 g/mol. The average molecular weight is 243 g/mol. The van der Waals surface area contributed by atoms with Gasteiger partial charge in [0.2, 0.25) is 0 Å². The summed E-state index contributed by atoms with van der Waals surface area (Å²) in [7, 11) is 0. The summed E-state index contributed by atoms with van der Waals surface area (Å²) >= 11 is 0. The summed E-state index contributed by atoms with van der Waals surface area (Å²) in [5, 5.41) is 0. The van der Waals surface area contributed by atoms with E-state index in [9.17, 15) is 9.59 Å². The Hall–Kier alpha value is -1.10. The molecule has 0 aromatic rings.